The van der Waals surface area contributed by atoms with Gasteiger partial charge in [-0.25, -0.2) is 0 Å². The van der Waals surface area contributed by atoms with E-state index in [1.54, 1.807) is 0 Å². The van der Waals surface area contributed by atoms with Crippen molar-refractivity contribution in [3.05, 3.63) is 251 Å². The molecule has 264 valence electrons. The third kappa shape index (κ3) is 3.79. The fourth-order valence-corrected chi connectivity index (χ4v) is 11.3. The van der Waals surface area contributed by atoms with Crippen molar-refractivity contribution in [1.29, 1.82) is 0 Å². The third-order valence-corrected chi connectivity index (χ3v) is 13.4. The van der Waals surface area contributed by atoms with Gasteiger partial charge in [-0.2, -0.15) is 0 Å². The first-order valence-electron chi connectivity index (χ1n) is 19.9. The monoisotopic (exact) mass is 722 g/mol. The number of para-hydroxylation sites is 1. The standard InChI is InChI=1S/C56H34O/c1-2-16-38(36-30-32-54-52(34-36)56(50-27-13-14-28-53(50)57-54)48-25-11-5-19-41(48)42-20-6-12-26-49(42)56)37(15-1)35-29-31-44-43-21-7-10-24-47(43)55(51(44)33-35)45-22-8-3-17-39(45)40-18-4-9-23-46(40)55/h1-34H. The summed E-state index contributed by atoms with van der Waals surface area (Å²) in [6.45, 7) is 0. The normalized spacial score (nSPS) is 14.7. The Labute approximate surface area is 332 Å². The fraction of sp³-hybridized carbons (Fsp3) is 0.0357. The lowest BCUT2D eigenvalue weighted by molar-refractivity contribution is 0.436. The Bertz CT molecular complexity index is 3070. The molecule has 1 nitrogen and oxygen atoms in total. The van der Waals surface area contributed by atoms with E-state index in [1.165, 1.54) is 100 Å². The number of fused-ring (bicyclic) bond motifs is 19. The van der Waals surface area contributed by atoms with Gasteiger partial charge in [0.25, 0.3) is 0 Å². The molecule has 13 rings (SSSR count). The van der Waals surface area contributed by atoms with Crippen molar-refractivity contribution in [3.8, 4) is 67.1 Å². The number of benzene rings is 9. The van der Waals surface area contributed by atoms with Crippen LogP contribution in [0.4, 0.5) is 0 Å². The molecular formula is C56H34O. The van der Waals surface area contributed by atoms with Gasteiger partial charge in [0.2, 0.25) is 0 Å². The number of hydrogen-bond donors (Lipinski definition) is 0. The molecule has 9 aromatic carbocycles. The molecule has 1 heterocycles. The van der Waals surface area contributed by atoms with E-state index < -0.39 is 10.8 Å². The molecule has 9 aromatic rings. The second kappa shape index (κ2) is 11.2. The molecule has 1 aliphatic heterocycles. The molecule has 0 aromatic heterocycles. The Hall–Kier alpha value is -7.22. The van der Waals surface area contributed by atoms with Crippen molar-refractivity contribution in [3.63, 3.8) is 0 Å². The summed E-state index contributed by atoms with van der Waals surface area (Å²) in [5.74, 6) is 1.81. The van der Waals surface area contributed by atoms with Crippen molar-refractivity contribution in [1.82, 2.24) is 0 Å². The zero-order chi connectivity index (χ0) is 37.3. The maximum Gasteiger partial charge on any atom is 0.132 e. The van der Waals surface area contributed by atoms with Crippen LogP contribution in [0.15, 0.2) is 206 Å². The van der Waals surface area contributed by atoms with Gasteiger partial charge in [-0.05, 0) is 113 Å². The molecule has 4 aliphatic rings. The van der Waals surface area contributed by atoms with Gasteiger partial charge in [-0.1, -0.05) is 182 Å². The van der Waals surface area contributed by atoms with E-state index in [9.17, 15) is 0 Å². The van der Waals surface area contributed by atoms with Gasteiger partial charge in [0.1, 0.15) is 11.5 Å². The Morgan fingerprint density at radius 3 is 1.02 bits per heavy atom. The number of rotatable bonds is 2. The van der Waals surface area contributed by atoms with Gasteiger partial charge in [0, 0.05) is 11.1 Å². The van der Waals surface area contributed by atoms with E-state index >= 15 is 0 Å². The molecule has 0 atom stereocenters. The van der Waals surface area contributed by atoms with Crippen LogP contribution in [-0.2, 0) is 10.8 Å². The molecule has 0 bridgehead atoms. The molecule has 0 unspecified atom stereocenters. The summed E-state index contributed by atoms with van der Waals surface area (Å²) in [6.07, 6.45) is 0. The molecule has 3 aliphatic carbocycles. The first kappa shape index (κ1) is 31.0. The van der Waals surface area contributed by atoms with Crippen LogP contribution in [0, 0.1) is 0 Å². The second-order valence-corrected chi connectivity index (χ2v) is 15.8. The Balaban J connectivity index is 1.04. The lowest BCUT2D eigenvalue weighted by Gasteiger charge is -2.39. The minimum atomic E-state index is -0.517. The predicted molar refractivity (Wildman–Crippen MR) is 231 cm³/mol. The summed E-state index contributed by atoms with van der Waals surface area (Å²) in [4.78, 5) is 0. The van der Waals surface area contributed by atoms with Crippen molar-refractivity contribution >= 4 is 0 Å². The highest BCUT2D eigenvalue weighted by atomic mass is 16.5. The van der Waals surface area contributed by atoms with Crippen molar-refractivity contribution < 1.29 is 4.74 Å². The smallest absolute Gasteiger partial charge is 0.132 e. The average molecular weight is 723 g/mol. The molecule has 0 N–H and O–H groups in total. The molecule has 2 spiro atoms. The molecule has 0 amide bonds. The van der Waals surface area contributed by atoms with Gasteiger partial charge in [-0.15, -0.1) is 0 Å². The predicted octanol–water partition coefficient (Wildman–Crippen LogP) is 13.8. The van der Waals surface area contributed by atoms with E-state index in [2.05, 4.69) is 206 Å². The lowest BCUT2D eigenvalue weighted by atomic mass is 9.65. The summed E-state index contributed by atoms with van der Waals surface area (Å²) >= 11 is 0. The summed E-state index contributed by atoms with van der Waals surface area (Å²) in [7, 11) is 0. The molecule has 0 saturated carbocycles. The van der Waals surface area contributed by atoms with Crippen LogP contribution in [0.3, 0.4) is 0 Å². The summed E-state index contributed by atoms with van der Waals surface area (Å²) in [6, 6.07) is 76.6. The highest BCUT2D eigenvalue weighted by Gasteiger charge is 2.53. The van der Waals surface area contributed by atoms with Gasteiger partial charge in [-0.3, -0.25) is 0 Å². The van der Waals surface area contributed by atoms with Gasteiger partial charge >= 0.3 is 0 Å². The zero-order valence-corrected chi connectivity index (χ0v) is 31.0. The lowest BCUT2D eigenvalue weighted by Crippen LogP contribution is -2.32. The highest BCUT2D eigenvalue weighted by molar-refractivity contribution is 5.97. The van der Waals surface area contributed by atoms with Crippen LogP contribution in [0.1, 0.15) is 44.5 Å². The second-order valence-electron chi connectivity index (χ2n) is 15.8. The Morgan fingerprint density at radius 2 is 0.544 bits per heavy atom. The zero-order valence-electron chi connectivity index (χ0n) is 31.0. The van der Waals surface area contributed by atoms with Crippen LogP contribution in [0.5, 0.6) is 11.5 Å². The van der Waals surface area contributed by atoms with Crippen LogP contribution in [0.2, 0.25) is 0 Å². The van der Waals surface area contributed by atoms with Crippen molar-refractivity contribution in [2.75, 3.05) is 0 Å². The van der Waals surface area contributed by atoms with E-state index in [0.717, 1.165) is 11.5 Å². The summed E-state index contributed by atoms with van der Waals surface area (Å²) < 4.78 is 6.79. The van der Waals surface area contributed by atoms with Crippen LogP contribution in [-0.4, -0.2) is 0 Å². The Morgan fingerprint density at radius 1 is 0.228 bits per heavy atom. The third-order valence-electron chi connectivity index (χ3n) is 13.4. The number of hydrogen-bond acceptors (Lipinski definition) is 1. The van der Waals surface area contributed by atoms with Gasteiger partial charge in [0.05, 0.1) is 10.8 Å². The maximum absolute atomic E-state index is 6.79. The molecule has 1 heteroatoms. The average Bonchev–Trinajstić information content (AvgIpc) is 3.87. The topological polar surface area (TPSA) is 9.23 Å². The fourth-order valence-electron chi connectivity index (χ4n) is 11.3. The van der Waals surface area contributed by atoms with Gasteiger partial charge < -0.3 is 4.74 Å². The van der Waals surface area contributed by atoms with Crippen LogP contribution >= 0.6 is 0 Å². The van der Waals surface area contributed by atoms with Crippen molar-refractivity contribution in [2.45, 2.75) is 10.8 Å². The Kier molecular flexibility index (Phi) is 6.09. The van der Waals surface area contributed by atoms with Crippen LogP contribution in [0.25, 0.3) is 55.6 Å². The SMILES string of the molecule is c1ccc2c(c1)Oc1ccc(-c3ccccc3-c3ccc4c(c3)C3(c5ccccc5-c5ccccc53)c3ccccc3-4)cc1C21c2ccccc2-c2ccccc21. The summed E-state index contributed by atoms with van der Waals surface area (Å²) in [5.41, 5.74) is 22.1. The van der Waals surface area contributed by atoms with E-state index in [1.807, 2.05) is 0 Å². The molecule has 0 radical (unpaired) electrons. The van der Waals surface area contributed by atoms with Crippen LogP contribution < -0.4 is 4.74 Å². The van der Waals surface area contributed by atoms with E-state index in [-0.39, 0.29) is 0 Å². The molecule has 0 saturated heterocycles. The maximum atomic E-state index is 6.79. The van der Waals surface area contributed by atoms with E-state index in [4.69, 9.17) is 4.74 Å². The largest absolute Gasteiger partial charge is 0.457 e. The number of ether oxygens (including phenoxy) is 1. The van der Waals surface area contributed by atoms with Crippen molar-refractivity contribution in [2.24, 2.45) is 0 Å². The van der Waals surface area contributed by atoms with E-state index in [0.29, 0.717) is 0 Å². The molecule has 0 fully saturated rings. The minimum Gasteiger partial charge on any atom is -0.457 e. The first-order valence-corrected chi connectivity index (χ1v) is 19.9. The highest BCUT2D eigenvalue weighted by Crippen LogP contribution is 2.64. The summed E-state index contributed by atoms with van der Waals surface area (Å²) in [5, 5.41) is 0. The first-order chi connectivity index (χ1) is 28.3. The van der Waals surface area contributed by atoms with Gasteiger partial charge in [0.15, 0.2) is 0 Å². The minimum absolute atomic E-state index is 0.393. The quantitative estimate of drug-likeness (QED) is 0.173. The molecular weight excluding hydrogens is 689 g/mol. The molecule has 57 heavy (non-hydrogen) atoms.